The number of anilines is 2. The number of hydrogen-bond acceptors (Lipinski definition) is 2. The number of nitrogens with one attached hydrogen (secondary N) is 1. The number of rotatable bonds is 4. The molecule has 0 spiro atoms. The molecule has 2 heteroatoms. The van der Waals surface area contributed by atoms with Crippen molar-refractivity contribution in [3.05, 3.63) is 23.8 Å². The van der Waals surface area contributed by atoms with Crippen LogP contribution in [0.15, 0.2) is 18.2 Å². The van der Waals surface area contributed by atoms with Gasteiger partial charge in [-0.1, -0.05) is 13.8 Å². The average Bonchev–Trinajstić information content (AvgIpc) is 2.35. The van der Waals surface area contributed by atoms with Crippen LogP contribution in [0, 0.1) is 5.92 Å². The molecule has 0 unspecified atom stereocenters. The minimum atomic E-state index is 0.775. The van der Waals surface area contributed by atoms with Crippen molar-refractivity contribution in [3.8, 4) is 0 Å². The van der Waals surface area contributed by atoms with Gasteiger partial charge in [0.25, 0.3) is 0 Å². The smallest absolute Gasteiger partial charge is 0.0374 e. The van der Waals surface area contributed by atoms with Gasteiger partial charge in [-0.15, -0.1) is 0 Å². The Labute approximate surface area is 105 Å². The fraction of sp³-hybridized carbons (Fsp3) is 0.600. The van der Waals surface area contributed by atoms with Crippen molar-refractivity contribution in [2.45, 2.75) is 33.1 Å². The summed E-state index contributed by atoms with van der Waals surface area (Å²) in [7, 11) is 2.19. The third kappa shape index (κ3) is 3.15. The number of benzene rings is 1. The number of aryl methyl sites for hydroxylation is 1. The number of hydrogen-bond donors (Lipinski definition) is 1. The molecule has 0 aliphatic carbocycles. The van der Waals surface area contributed by atoms with Crippen LogP contribution >= 0.6 is 0 Å². The lowest BCUT2D eigenvalue weighted by Gasteiger charge is -2.24. The minimum absolute atomic E-state index is 0.775. The molecule has 0 amide bonds. The molecular formula is C15H24N2. The highest BCUT2D eigenvalue weighted by molar-refractivity contribution is 5.61. The van der Waals surface area contributed by atoms with E-state index in [0.717, 1.165) is 19.0 Å². The average molecular weight is 232 g/mol. The van der Waals surface area contributed by atoms with Crippen LogP contribution in [0.25, 0.3) is 0 Å². The molecule has 0 bridgehead atoms. The summed E-state index contributed by atoms with van der Waals surface area (Å²) < 4.78 is 0. The van der Waals surface area contributed by atoms with Crippen molar-refractivity contribution in [2.75, 3.05) is 30.4 Å². The molecule has 0 radical (unpaired) electrons. The Bertz CT molecular complexity index is 371. The highest BCUT2D eigenvalue weighted by atomic mass is 15.1. The molecule has 0 saturated carbocycles. The van der Waals surface area contributed by atoms with Crippen molar-refractivity contribution < 1.29 is 0 Å². The Morgan fingerprint density at radius 3 is 2.94 bits per heavy atom. The van der Waals surface area contributed by atoms with Crippen LogP contribution in [0.4, 0.5) is 11.4 Å². The molecule has 0 fully saturated rings. The fourth-order valence-electron chi connectivity index (χ4n) is 2.28. The Hall–Kier alpha value is -1.18. The van der Waals surface area contributed by atoms with Crippen molar-refractivity contribution in [1.82, 2.24) is 0 Å². The summed E-state index contributed by atoms with van der Waals surface area (Å²) >= 11 is 0. The minimum Gasteiger partial charge on any atom is -0.385 e. The van der Waals surface area contributed by atoms with Gasteiger partial charge in [0, 0.05) is 31.5 Å². The first-order chi connectivity index (χ1) is 8.16. The van der Waals surface area contributed by atoms with Gasteiger partial charge in [0.1, 0.15) is 0 Å². The normalized spacial score (nSPS) is 14.4. The third-order valence-corrected chi connectivity index (χ3v) is 3.51. The van der Waals surface area contributed by atoms with Gasteiger partial charge >= 0.3 is 0 Å². The fourth-order valence-corrected chi connectivity index (χ4v) is 2.28. The summed E-state index contributed by atoms with van der Waals surface area (Å²) in [4.78, 5) is 2.37. The molecule has 1 aromatic carbocycles. The molecule has 94 valence electrons. The molecule has 17 heavy (non-hydrogen) atoms. The summed E-state index contributed by atoms with van der Waals surface area (Å²) in [5, 5.41) is 3.46. The van der Waals surface area contributed by atoms with Crippen molar-refractivity contribution in [1.29, 1.82) is 0 Å². The molecule has 1 aromatic rings. The Morgan fingerprint density at radius 1 is 1.35 bits per heavy atom. The number of nitrogens with zero attached hydrogens (tertiary/aromatic N) is 1. The standard InChI is InChI=1S/C15H24N2/c1-12(2)8-10-17(3)14-6-7-15-13(11-14)5-4-9-16-15/h6-7,11-12,16H,4-5,8-10H2,1-3H3. The Kier molecular flexibility index (Phi) is 3.93. The van der Waals surface area contributed by atoms with Gasteiger partial charge in [0.15, 0.2) is 0 Å². The van der Waals surface area contributed by atoms with E-state index in [1.807, 2.05) is 0 Å². The summed E-state index contributed by atoms with van der Waals surface area (Å²) in [5.74, 6) is 0.775. The van der Waals surface area contributed by atoms with Gasteiger partial charge < -0.3 is 10.2 Å². The predicted octanol–water partition coefficient (Wildman–Crippen LogP) is 3.53. The van der Waals surface area contributed by atoms with Gasteiger partial charge in [0.05, 0.1) is 0 Å². The van der Waals surface area contributed by atoms with E-state index in [4.69, 9.17) is 0 Å². The maximum absolute atomic E-state index is 3.46. The van der Waals surface area contributed by atoms with Gasteiger partial charge in [-0.2, -0.15) is 0 Å². The zero-order chi connectivity index (χ0) is 12.3. The topological polar surface area (TPSA) is 15.3 Å². The molecule has 1 N–H and O–H groups in total. The van der Waals surface area contributed by atoms with E-state index in [2.05, 4.69) is 49.3 Å². The summed E-state index contributed by atoms with van der Waals surface area (Å²) in [6.07, 6.45) is 3.73. The maximum atomic E-state index is 3.46. The molecule has 0 atom stereocenters. The van der Waals surface area contributed by atoms with Gasteiger partial charge in [-0.05, 0) is 48.9 Å². The molecule has 0 saturated heterocycles. The van der Waals surface area contributed by atoms with E-state index >= 15 is 0 Å². The van der Waals surface area contributed by atoms with Crippen LogP contribution in [0.1, 0.15) is 32.3 Å². The van der Waals surface area contributed by atoms with Crippen LogP contribution in [0.3, 0.4) is 0 Å². The zero-order valence-electron chi connectivity index (χ0n) is 11.3. The van der Waals surface area contributed by atoms with E-state index in [1.54, 1.807) is 0 Å². The summed E-state index contributed by atoms with van der Waals surface area (Å²) in [5.41, 5.74) is 4.16. The van der Waals surface area contributed by atoms with E-state index in [-0.39, 0.29) is 0 Å². The third-order valence-electron chi connectivity index (χ3n) is 3.51. The maximum Gasteiger partial charge on any atom is 0.0374 e. The SMILES string of the molecule is CC(C)CCN(C)c1ccc2c(c1)CCCN2. The van der Waals surface area contributed by atoms with Gasteiger partial charge in [-0.3, -0.25) is 0 Å². The van der Waals surface area contributed by atoms with Crippen LogP contribution in [-0.4, -0.2) is 20.1 Å². The van der Waals surface area contributed by atoms with Crippen molar-refractivity contribution >= 4 is 11.4 Å². The van der Waals surface area contributed by atoms with Crippen molar-refractivity contribution in [2.24, 2.45) is 5.92 Å². The van der Waals surface area contributed by atoms with Crippen LogP contribution < -0.4 is 10.2 Å². The first-order valence-corrected chi connectivity index (χ1v) is 6.75. The van der Waals surface area contributed by atoms with Gasteiger partial charge in [0.2, 0.25) is 0 Å². The monoisotopic (exact) mass is 232 g/mol. The molecule has 1 aliphatic rings. The van der Waals surface area contributed by atoms with Gasteiger partial charge in [-0.25, -0.2) is 0 Å². The first kappa shape index (κ1) is 12.3. The lowest BCUT2D eigenvalue weighted by Crippen LogP contribution is -2.20. The summed E-state index contributed by atoms with van der Waals surface area (Å²) in [6, 6.07) is 6.81. The second-order valence-corrected chi connectivity index (χ2v) is 5.48. The number of fused-ring (bicyclic) bond motifs is 1. The molecular weight excluding hydrogens is 208 g/mol. The van der Waals surface area contributed by atoms with E-state index in [9.17, 15) is 0 Å². The summed E-state index contributed by atoms with van der Waals surface area (Å²) in [6.45, 7) is 6.83. The van der Waals surface area contributed by atoms with Crippen LogP contribution in [-0.2, 0) is 6.42 Å². The van der Waals surface area contributed by atoms with E-state index in [0.29, 0.717) is 0 Å². The zero-order valence-corrected chi connectivity index (χ0v) is 11.3. The quantitative estimate of drug-likeness (QED) is 0.854. The second-order valence-electron chi connectivity index (χ2n) is 5.48. The van der Waals surface area contributed by atoms with Crippen molar-refractivity contribution in [3.63, 3.8) is 0 Å². The van der Waals surface area contributed by atoms with Crippen LogP contribution in [0.2, 0.25) is 0 Å². The van der Waals surface area contributed by atoms with E-state index < -0.39 is 0 Å². The first-order valence-electron chi connectivity index (χ1n) is 6.75. The second kappa shape index (κ2) is 5.44. The highest BCUT2D eigenvalue weighted by Crippen LogP contribution is 2.26. The highest BCUT2D eigenvalue weighted by Gasteiger charge is 2.10. The molecule has 1 heterocycles. The largest absolute Gasteiger partial charge is 0.385 e. The Balaban J connectivity index is 2.05. The predicted molar refractivity (Wildman–Crippen MR) is 76.0 cm³/mol. The lowest BCUT2D eigenvalue weighted by atomic mass is 10.0. The Morgan fingerprint density at radius 2 is 2.18 bits per heavy atom. The molecule has 0 aromatic heterocycles. The van der Waals surface area contributed by atoms with Crippen LogP contribution in [0.5, 0.6) is 0 Å². The van der Waals surface area contributed by atoms with E-state index in [1.165, 1.54) is 36.2 Å². The molecule has 1 aliphatic heterocycles. The molecule has 2 nitrogen and oxygen atoms in total. The lowest BCUT2D eigenvalue weighted by molar-refractivity contribution is 0.585. The molecule has 2 rings (SSSR count).